The molecular weight excluding hydrogens is 350 g/mol. The fourth-order valence-corrected chi connectivity index (χ4v) is 4.96. The normalized spacial score (nSPS) is 15.2. The van der Waals surface area contributed by atoms with Crippen molar-refractivity contribution in [2.45, 2.75) is 154 Å². The van der Waals surface area contributed by atoms with E-state index in [0.717, 1.165) is 12.3 Å². The van der Waals surface area contributed by atoms with E-state index in [0.29, 0.717) is 0 Å². The molecule has 0 aliphatic carbocycles. The van der Waals surface area contributed by atoms with E-state index in [-0.39, 0.29) is 0 Å². The lowest BCUT2D eigenvalue weighted by atomic mass is 9.92. The Balaban J connectivity index is 1.63. The van der Waals surface area contributed by atoms with Crippen molar-refractivity contribution < 1.29 is 0 Å². The van der Waals surface area contributed by atoms with Gasteiger partial charge in [0.25, 0.3) is 0 Å². The van der Waals surface area contributed by atoms with Crippen molar-refractivity contribution in [3.63, 3.8) is 0 Å². The van der Waals surface area contributed by atoms with Crippen LogP contribution >= 0.6 is 0 Å². The van der Waals surface area contributed by atoms with Crippen LogP contribution in [0.3, 0.4) is 0 Å². The third-order valence-corrected chi connectivity index (χ3v) is 7.07. The summed E-state index contributed by atoms with van der Waals surface area (Å²) in [6, 6.07) is 0. The van der Waals surface area contributed by atoms with Gasteiger partial charge in [-0.3, -0.25) is 0 Å². The second kappa shape index (κ2) is 22.6. The van der Waals surface area contributed by atoms with Crippen LogP contribution in [0.25, 0.3) is 0 Å². The van der Waals surface area contributed by atoms with Crippen LogP contribution in [0.5, 0.6) is 0 Å². The first kappa shape index (κ1) is 27.0. The first-order valence-electron chi connectivity index (χ1n) is 13.9. The lowest BCUT2D eigenvalue weighted by Gasteiger charge is -2.22. The van der Waals surface area contributed by atoms with Crippen molar-refractivity contribution in [1.82, 2.24) is 5.32 Å². The van der Waals surface area contributed by atoms with Crippen LogP contribution < -0.4 is 5.32 Å². The first-order valence-corrected chi connectivity index (χ1v) is 13.9. The van der Waals surface area contributed by atoms with Gasteiger partial charge in [0.05, 0.1) is 0 Å². The number of piperidine rings is 1. The highest BCUT2D eigenvalue weighted by Gasteiger charge is 2.11. The second-order valence-electron chi connectivity index (χ2n) is 9.91. The van der Waals surface area contributed by atoms with E-state index in [4.69, 9.17) is 0 Å². The molecule has 1 aliphatic heterocycles. The van der Waals surface area contributed by atoms with Gasteiger partial charge in [-0.2, -0.15) is 0 Å². The zero-order valence-corrected chi connectivity index (χ0v) is 20.2. The first-order chi connectivity index (χ1) is 14.4. The molecule has 1 aliphatic rings. The van der Waals surface area contributed by atoms with Gasteiger partial charge in [-0.15, -0.1) is 0 Å². The maximum absolute atomic E-state index is 3.92. The summed E-state index contributed by atoms with van der Waals surface area (Å²) < 4.78 is 0. The minimum Gasteiger partial charge on any atom is -0.317 e. The van der Waals surface area contributed by atoms with E-state index in [2.05, 4.69) is 12.2 Å². The van der Waals surface area contributed by atoms with Gasteiger partial charge < -0.3 is 5.32 Å². The van der Waals surface area contributed by atoms with Crippen molar-refractivity contribution in [3.05, 3.63) is 6.92 Å². The summed E-state index contributed by atoms with van der Waals surface area (Å²) >= 11 is 0. The maximum atomic E-state index is 3.92. The monoisotopic (exact) mass is 406 g/mol. The topological polar surface area (TPSA) is 12.0 Å². The largest absolute Gasteiger partial charge is 0.317 e. The van der Waals surface area contributed by atoms with Gasteiger partial charge in [-0.05, 0) is 31.8 Å². The summed E-state index contributed by atoms with van der Waals surface area (Å²) in [7, 11) is 0. The molecule has 0 saturated carbocycles. The third kappa shape index (κ3) is 19.7. The SMILES string of the molecule is [CH2]CCCCCCCCCCCCCCCCCCCCCCC1CCNCC1. The van der Waals surface area contributed by atoms with Gasteiger partial charge in [0.1, 0.15) is 0 Å². The van der Waals surface area contributed by atoms with Gasteiger partial charge in [-0.25, -0.2) is 0 Å². The predicted octanol–water partition coefficient (Wildman–Crippen LogP) is 9.40. The highest BCUT2D eigenvalue weighted by molar-refractivity contribution is 4.68. The Kier molecular flexibility index (Phi) is 21.1. The van der Waals surface area contributed by atoms with Crippen molar-refractivity contribution in [1.29, 1.82) is 0 Å². The number of unbranched alkanes of at least 4 members (excludes halogenated alkanes) is 20. The molecule has 0 aromatic carbocycles. The van der Waals surface area contributed by atoms with Crippen molar-refractivity contribution >= 4 is 0 Å². The average molecular weight is 407 g/mol. The fraction of sp³-hybridized carbons (Fsp3) is 0.964. The summed E-state index contributed by atoms with van der Waals surface area (Å²) in [6.45, 7) is 6.45. The van der Waals surface area contributed by atoms with Crippen molar-refractivity contribution in [2.75, 3.05) is 13.1 Å². The summed E-state index contributed by atoms with van der Waals surface area (Å²) in [4.78, 5) is 0. The van der Waals surface area contributed by atoms with Gasteiger partial charge in [-0.1, -0.05) is 148 Å². The van der Waals surface area contributed by atoms with E-state index < -0.39 is 0 Å². The summed E-state index contributed by atoms with van der Waals surface area (Å²) in [5, 5.41) is 3.48. The lowest BCUT2D eigenvalue weighted by Crippen LogP contribution is -2.27. The minimum absolute atomic E-state index is 1.04. The van der Waals surface area contributed by atoms with Crippen LogP contribution in [0, 0.1) is 12.8 Å². The lowest BCUT2D eigenvalue weighted by molar-refractivity contribution is 0.342. The van der Waals surface area contributed by atoms with Crippen molar-refractivity contribution in [3.8, 4) is 0 Å². The molecule has 1 saturated heterocycles. The van der Waals surface area contributed by atoms with Crippen LogP contribution in [-0.2, 0) is 0 Å². The van der Waals surface area contributed by atoms with Gasteiger partial charge in [0.15, 0.2) is 0 Å². The molecule has 0 aromatic heterocycles. The summed E-state index contributed by atoms with van der Waals surface area (Å²) in [5.74, 6) is 1.04. The molecule has 1 heteroatoms. The Morgan fingerprint density at radius 1 is 0.448 bits per heavy atom. The molecule has 1 rings (SSSR count). The highest BCUT2D eigenvalue weighted by Crippen LogP contribution is 2.20. The standard InChI is InChI=1S/C28H56N/c1-2-3-4-5-6-7-8-9-10-11-12-13-14-15-16-17-18-19-20-21-22-23-28-24-26-29-27-25-28/h28-29H,1-27H2. The molecule has 1 nitrogen and oxygen atoms in total. The highest BCUT2D eigenvalue weighted by atomic mass is 14.9. The third-order valence-electron chi connectivity index (χ3n) is 7.07. The minimum atomic E-state index is 1.04. The summed E-state index contributed by atoms with van der Waals surface area (Å²) in [5.41, 5.74) is 0. The zero-order valence-electron chi connectivity index (χ0n) is 20.2. The number of rotatable bonds is 22. The molecule has 0 amide bonds. The number of hydrogen-bond acceptors (Lipinski definition) is 1. The molecule has 0 atom stereocenters. The number of nitrogens with one attached hydrogen (secondary N) is 1. The van der Waals surface area contributed by atoms with Crippen LogP contribution in [0.15, 0.2) is 0 Å². The van der Waals surface area contributed by atoms with E-state index in [9.17, 15) is 0 Å². The van der Waals surface area contributed by atoms with E-state index >= 15 is 0 Å². The smallest absolute Gasteiger partial charge is 0.00463 e. The fourth-order valence-electron chi connectivity index (χ4n) is 4.96. The van der Waals surface area contributed by atoms with Crippen LogP contribution in [0.2, 0.25) is 0 Å². The van der Waals surface area contributed by atoms with Gasteiger partial charge >= 0.3 is 0 Å². The molecule has 0 spiro atoms. The van der Waals surface area contributed by atoms with Crippen LogP contribution in [0.1, 0.15) is 154 Å². The maximum Gasteiger partial charge on any atom is -0.00463 e. The molecular formula is C28H56N. The Morgan fingerprint density at radius 3 is 1.10 bits per heavy atom. The number of hydrogen-bond donors (Lipinski definition) is 1. The molecule has 0 bridgehead atoms. The molecule has 1 fully saturated rings. The molecule has 0 unspecified atom stereocenters. The van der Waals surface area contributed by atoms with E-state index in [1.54, 1.807) is 0 Å². The quantitative estimate of drug-likeness (QED) is 0.176. The Hall–Kier alpha value is -0.0400. The van der Waals surface area contributed by atoms with Gasteiger partial charge in [0.2, 0.25) is 0 Å². The Labute approximate surface area is 185 Å². The molecule has 29 heavy (non-hydrogen) atoms. The zero-order chi connectivity index (χ0) is 20.7. The molecule has 1 radical (unpaired) electrons. The van der Waals surface area contributed by atoms with Gasteiger partial charge in [0, 0.05) is 0 Å². The predicted molar refractivity (Wildman–Crippen MR) is 133 cm³/mol. The summed E-state index contributed by atoms with van der Waals surface area (Å²) in [6.07, 6.45) is 34.9. The molecule has 0 aromatic rings. The average Bonchev–Trinajstić information content (AvgIpc) is 2.75. The van der Waals surface area contributed by atoms with Crippen LogP contribution in [-0.4, -0.2) is 13.1 Å². The van der Waals surface area contributed by atoms with Crippen molar-refractivity contribution in [2.24, 2.45) is 5.92 Å². The Morgan fingerprint density at radius 2 is 0.759 bits per heavy atom. The molecule has 173 valence electrons. The van der Waals surface area contributed by atoms with Crippen LogP contribution in [0.4, 0.5) is 0 Å². The Bertz CT molecular complexity index is 295. The van der Waals surface area contributed by atoms with E-state index in [1.165, 1.54) is 161 Å². The van der Waals surface area contributed by atoms with E-state index in [1.807, 2.05) is 0 Å². The molecule has 1 N–H and O–H groups in total. The second-order valence-corrected chi connectivity index (χ2v) is 9.91. The molecule has 1 heterocycles.